The van der Waals surface area contributed by atoms with Gasteiger partial charge in [0, 0.05) is 18.0 Å². The van der Waals surface area contributed by atoms with Gasteiger partial charge in [-0.3, -0.25) is 14.2 Å². The van der Waals surface area contributed by atoms with Gasteiger partial charge in [0.15, 0.2) is 10.9 Å². The summed E-state index contributed by atoms with van der Waals surface area (Å²) in [5.74, 6) is 1.13. The van der Waals surface area contributed by atoms with Crippen LogP contribution in [0.2, 0.25) is 0 Å². The zero-order valence-corrected chi connectivity index (χ0v) is 17.4. The van der Waals surface area contributed by atoms with E-state index in [1.807, 2.05) is 13.8 Å². The van der Waals surface area contributed by atoms with Crippen LogP contribution >= 0.6 is 23.1 Å². The molecule has 0 atom stereocenters. The van der Waals surface area contributed by atoms with Gasteiger partial charge in [-0.1, -0.05) is 11.8 Å². The summed E-state index contributed by atoms with van der Waals surface area (Å²) in [5, 5.41) is 1.18. The Morgan fingerprint density at radius 1 is 1.26 bits per heavy atom. The molecule has 0 fully saturated rings. The average molecular weight is 405 g/mol. The number of thioether (sulfide) groups is 1. The highest BCUT2D eigenvalue weighted by atomic mass is 32.2. The van der Waals surface area contributed by atoms with Gasteiger partial charge in [0.1, 0.15) is 16.3 Å². The fourth-order valence-electron chi connectivity index (χ4n) is 2.72. The van der Waals surface area contributed by atoms with Crippen LogP contribution in [0.4, 0.5) is 0 Å². The first-order valence-electron chi connectivity index (χ1n) is 8.22. The number of aryl methyl sites for hydroxylation is 2. The minimum atomic E-state index is -0.104. The highest BCUT2D eigenvalue weighted by Gasteiger charge is 2.18. The molecule has 0 saturated carbocycles. The molecular weight excluding hydrogens is 384 g/mol. The second-order valence-electron chi connectivity index (χ2n) is 6.00. The number of hydrogen-bond donors (Lipinski definition) is 0. The van der Waals surface area contributed by atoms with Crippen LogP contribution in [-0.2, 0) is 7.05 Å². The maximum atomic E-state index is 12.7. The molecule has 6 nitrogen and oxygen atoms in total. The van der Waals surface area contributed by atoms with Gasteiger partial charge in [-0.2, -0.15) is 0 Å². The predicted molar refractivity (Wildman–Crippen MR) is 109 cm³/mol. The summed E-state index contributed by atoms with van der Waals surface area (Å²) >= 11 is 2.75. The Morgan fingerprint density at radius 2 is 2.00 bits per heavy atom. The first kappa shape index (κ1) is 19.4. The summed E-state index contributed by atoms with van der Waals surface area (Å²) in [6.07, 6.45) is 0. The number of nitrogens with zero attached hydrogens (tertiary/aromatic N) is 2. The molecule has 1 aromatic carbocycles. The molecule has 0 amide bonds. The molecule has 0 radical (unpaired) electrons. The minimum absolute atomic E-state index is 0.0844. The van der Waals surface area contributed by atoms with Crippen molar-refractivity contribution in [1.82, 2.24) is 9.55 Å². The number of thiophene rings is 1. The Bertz CT molecular complexity index is 1090. The third-order valence-electron chi connectivity index (χ3n) is 4.41. The number of hydrogen-bond acceptors (Lipinski definition) is 7. The Kier molecular flexibility index (Phi) is 5.57. The van der Waals surface area contributed by atoms with Gasteiger partial charge in [-0.05, 0) is 31.5 Å². The van der Waals surface area contributed by atoms with Crippen LogP contribution in [-0.4, -0.2) is 35.3 Å². The summed E-state index contributed by atoms with van der Waals surface area (Å²) in [6, 6.07) is 5.08. The van der Waals surface area contributed by atoms with Gasteiger partial charge in [-0.25, -0.2) is 4.98 Å². The average Bonchev–Trinajstić information content (AvgIpc) is 2.96. The zero-order valence-electron chi connectivity index (χ0n) is 15.8. The van der Waals surface area contributed by atoms with Gasteiger partial charge in [0.25, 0.3) is 5.56 Å². The Hall–Kier alpha value is -2.32. The van der Waals surface area contributed by atoms with E-state index in [4.69, 9.17) is 9.47 Å². The van der Waals surface area contributed by atoms with Crippen molar-refractivity contribution in [2.75, 3.05) is 20.0 Å². The highest BCUT2D eigenvalue weighted by Crippen LogP contribution is 2.29. The van der Waals surface area contributed by atoms with E-state index >= 15 is 0 Å². The number of fused-ring (bicyclic) bond motifs is 1. The van der Waals surface area contributed by atoms with Crippen LogP contribution in [0.25, 0.3) is 10.2 Å². The molecule has 2 heterocycles. The van der Waals surface area contributed by atoms with Crippen LogP contribution in [0.5, 0.6) is 11.5 Å². The number of rotatable bonds is 6. The lowest BCUT2D eigenvalue weighted by atomic mass is 10.1. The van der Waals surface area contributed by atoms with Crippen molar-refractivity contribution in [3.05, 3.63) is 44.6 Å². The lowest BCUT2D eigenvalue weighted by molar-refractivity contribution is 0.101. The monoisotopic (exact) mass is 404 g/mol. The van der Waals surface area contributed by atoms with E-state index in [0.29, 0.717) is 32.4 Å². The van der Waals surface area contributed by atoms with Gasteiger partial charge in [0.2, 0.25) is 0 Å². The van der Waals surface area contributed by atoms with Crippen LogP contribution in [0.1, 0.15) is 20.8 Å². The lowest BCUT2D eigenvalue weighted by Gasteiger charge is -2.10. The third-order valence-corrected chi connectivity index (χ3v) is 6.54. The van der Waals surface area contributed by atoms with E-state index in [-0.39, 0.29) is 17.1 Å². The van der Waals surface area contributed by atoms with Crippen molar-refractivity contribution < 1.29 is 14.3 Å². The lowest BCUT2D eigenvalue weighted by Crippen LogP contribution is -2.20. The summed E-state index contributed by atoms with van der Waals surface area (Å²) < 4.78 is 12.0. The van der Waals surface area contributed by atoms with E-state index < -0.39 is 0 Å². The fourth-order valence-corrected chi connectivity index (χ4v) is 4.65. The Morgan fingerprint density at radius 3 is 2.67 bits per heavy atom. The largest absolute Gasteiger partial charge is 0.497 e. The molecule has 0 aliphatic carbocycles. The smallest absolute Gasteiger partial charge is 0.262 e. The molecule has 142 valence electrons. The molecule has 3 aromatic rings. The Balaban J connectivity index is 1.88. The van der Waals surface area contributed by atoms with E-state index in [1.54, 1.807) is 32.4 Å². The molecule has 0 aliphatic rings. The Labute approximate surface area is 165 Å². The normalized spacial score (nSPS) is 11.0. The van der Waals surface area contributed by atoms with E-state index in [2.05, 4.69) is 4.98 Å². The number of benzene rings is 1. The molecule has 8 heteroatoms. The van der Waals surface area contributed by atoms with Crippen molar-refractivity contribution in [1.29, 1.82) is 0 Å². The van der Waals surface area contributed by atoms with Crippen molar-refractivity contribution in [3.63, 3.8) is 0 Å². The van der Waals surface area contributed by atoms with Gasteiger partial charge >= 0.3 is 0 Å². The fraction of sp³-hybridized carbons (Fsp3) is 0.316. The van der Waals surface area contributed by atoms with E-state index in [1.165, 1.54) is 34.8 Å². The predicted octanol–water partition coefficient (Wildman–Crippen LogP) is 3.60. The summed E-state index contributed by atoms with van der Waals surface area (Å²) in [4.78, 5) is 31.7. The molecule has 0 bridgehead atoms. The molecule has 27 heavy (non-hydrogen) atoms. The molecule has 0 aliphatic heterocycles. The number of Topliss-reactive ketones (excluding diaryl/α,β-unsaturated/α-hetero) is 1. The number of carbonyl (C=O) groups excluding carboxylic acids is 1. The first-order valence-corrected chi connectivity index (χ1v) is 10.0. The maximum absolute atomic E-state index is 12.7. The van der Waals surface area contributed by atoms with Crippen molar-refractivity contribution >= 4 is 39.1 Å². The minimum Gasteiger partial charge on any atom is -0.497 e. The third kappa shape index (κ3) is 3.59. The number of methoxy groups -OCH3 is 2. The molecule has 0 N–H and O–H groups in total. The van der Waals surface area contributed by atoms with E-state index in [9.17, 15) is 9.59 Å². The second-order valence-corrected chi connectivity index (χ2v) is 8.15. The van der Waals surface area contributed by atoms with Crippen LogP contribution in [0.15, 0.2) is 28.2 Å². The molecule has 0 spiro atoms. The molecule has 0 saturated heterocycles. The van der Waals surface area contributed by atoms with Crippen molar-refractivity contribution in [2.24, 2.45) is 7.05 Å². The van der Waals surface area contributed by atoms with Crippen LogP contribution in [0.3, 0.4) is 0 Å². The summed E-state index contributed by atoms with van der Waals surface area (Å²) in [7, 11) is 4.75. The quantitative estimate of drug-likeness (QED) is 0.355. The molecule has 2 aromatic heterocycles. The standard InChI is InChI=1S/C19H20N2O4S2/c1-10-11(2)27-17-16(10)18(23)21(3)19(20-17)26-9-14(22)13-7-6-12(24-4)8-15(13)25-5/h6-8H,9H2,1-5H3. The van der Waals surface area contributed by atoms with Crippen molar-refractivity contribution in [2.45, 2.75) is 19.0 Å². The number of carbonyl (C=O) groups is 1. The first-order chi connectivity index (χ1) is 12.9. The van der Waals surface area contributed by atoms with E-state index in [0.717, 1.165) is 10.4 Å². The second kappa shape index (κ2) is 7.74. The number of ketones is 1. The number of aromatic nitrogens is 2. The molecular formula is C19H20N2O4S2. The summed E-state index contributed by atoms with van der Waals surface area (Å²) in [6.45, 7) is 3.91. The molecule has 3 rings (SSSR count). The van der Waals surface area contributed by atoms with Gasteiger partial charge in [0.05, 0.1) is 30.9 Å². The van der Waals surface area contributed by atoms with Crippen molar-refractivity contribution in [3.8, 4) is 11.5 Å². The summed E-state index contributed by atoms with van der Waals surface area (Å²) in [5.41, 5.74) is 1.36. The maximum Gasteiger partial charge on any atom is 0.262 e. The number of ether oxygens (including phenoxy) is 2. The van der Waals surface area contributed by atoms with Crippen LogP contribution < -0.4 is 15.0 Å². The van der Waals surface area contributed by atoms with Crippen LogP contribution in [0, 0.1) is 13.8 Å². The molecule has 0 unspecified atom stereocenters. The zero-order chi connectivity index (χ0) is 19.7. The van der Waals surface area contributed by atoms with Gasteiger partial charge < -0.3 is 9.47 Å². The van der Waals surface area contributed by atoms with Gasteiger partial charge in [-0.15, -0.1) is 11.3 Å². The highest BCUT2D eigenvalue weighted by molar-refractivity contribution is 7.99. The topological polar surface area (TPSA) is 70.4 Å². The SMILES string of the molecule is COc1ccc(C(=O)CSc2nc3sc(C)c(C)c3c(=O)n2C)c(OC)c1.